The molecule has 3 nitrogen and oxygen atoms in total. The van der Waals surface area contributed by atoms with Crippen molar-refractivity contribution in [1.29, 1.82) is 0 Å². The Morgan fingerprint density at radius 3 is 2.25 bits per heavy atom. The van der Waals surface area contributed by atoms with Gasteiger partial charge < -0.3 is 10.5 Å². The minimum atomic E-state index is -1.14. The lowest BCUT2D eigenvalue weighted by molar-refractivity contribution is -0.156. The van der Waals surface area contributed by atoms with Crippen LogP contribution in [-0.4, -0.2) is 24.3 Å². The largest absolute Gasteiger partial charge is 0.459 e. The molecule has 74 valence electrons. The van der Waals surface area contributed by atoms with E-state index in [-0.39, 0.29) is 12.4 Å². The van der Waals surface area contributed by atoms with Gasteiger partial charge in [0.1, 0.15) is 18.3 Å². The van der Waals surface area contributed by atoms with Crippen LogP contribution in [0, 0.1) is 0 Å². The van der Waals surface area contributed by atoms with Crippen LogP contribution in [0.1, 0.15) is 20.8 Å². The minimum Gasteiger partial charge on any atom is -0.459 e. The highest BCUT2D eigenvalue weighted by atomic mass is 35.5. The van der Waals surface area contributed by atoms with Gasteiger partial charge in [0.25, 0.3) is 0 Å². The van der Waals surface area contributed by atoms with E-state index in [2.05, 4.69) is 0 Å². The zero-order valence-electron chi connectivity index (χ0n) is 7.46. The van der Waals surface area contributed by atoms with Gasteiger partial charge >= 0.3 is 5.97 Å². The number of carbonyl (C=O) groups is 1. The number of alkyl halides is 1. The molecule has 5 heteroatoms. The fourth-order valence-corrected chi connectivity index (χ4v) is 0.440. The second-order valence-electron chi connectivity index (χ2n) is 3.29. The first-order chi connectivity index (χ1) is 4.87. The molecule has 2 N–H and O–H groups in total. The van der Waals surface area contributed by atoms with Crippen LogP contribution in [0.3, 0.4) is 0 Å². The summed E-state index contributed by atoms with van der Waals surface area (Å²) in [6.45, 7) is 4.23. The molecule has 0 aromatic carbocycles. The van der Waals surface area contributed by atoms with Crippen molar-refractivity contribution in [1.82, 2.24) is 0 Å². The lowest BCUT2D eigenvalue weighted by atomic mass is 10.2. The van der Waals surface area contributed by atoms with E-state index in [0.717, 1.165) is 0 Å². The van der Waals surface area contributed by atoms with Crippen molar-refractivity contribution in [3.05, 3.63) is 0 Å². The van der Waals surface area contributed by atoms with E-state index >= 15 is 0 Å². The van der Waals surface area contributed by atoms with Crippen LogP contribution >= 0.6 is 12.4 Å². The second kappa shape index (κ2) is 5.32. The fraction of sp³-hybridized carbons (Fsp3) is 0.857. The summed E-state index contributed by atoms with van der Waals surface area (Å²) < 4.78 is 16.6. The first-order valence-corrected chi connectivity index (χ1v) is 3.41. The number of hydrogen-bond donors (Lipinski definition) is 1. The Hall–Kier alpha value is -0.350. The SMILES string of the molecule is CC(C)(C)OC(=O)[C@@H](N)CF.Cl. The average molecular weight is 200 g/mol. The van der Waals surface area contributed by atoms with Gasteiger partial charge in [0.15, 0.2) is 0 Å². The third kappa shape index (κ3) is 6.37. The number of nitrogens with two attached hydrogens (primary N) is 1. The van der Waals surface area contributed by atoms with Gasteiger partial charge in [0.2, 0.25) is 0 Å². The van der Waals surface area contributed by atoms with E-state index in [1.54, 1.807) is 20.8 Å². The summed E-state index contributed by atoms with van der Waals surface area (Å²) in [6, 6.07) is -1.14. The number of carbonyl (C=O) groups excluding carboxylic acids is 1. The highest BCUT2D eigenvalue weighted by molar-refractivity contribution is 5.85. The third-order valence-corrected chi connectivity index (χ3v) is 0.876. The molecular formula is C7H15ClFNO2. The molecule has 0 bridgehead atoms. The smallest absolute Gasteiger partial charge is 0.326 e. The Morgan fingerprint density at radius 1 is 1.58 bits per heavy atom. The molecule has 0 aliphatic rings. The molecule has 0 amide bonds. The van der Waals surface area contributed by atoms with E-state index in [9.17, 15) is 9.18 Å². The Morgan fingerprint density at radius 2 is 2.00 bits per heavy atom. The lowest BCUT2D eigenvalue weighted by Gasteiger charge is -2.20. The summed E-state index contributed by atoms with van der Waals surface area (Å²) in [5.74, 6) is -0.694. The van der Waals surface area contributed by atoms with E-state index in [4.69, 9.17) is 10.5 Å². The van der Waals surface area contributed by atoms with Crippen molar-refractivity contribution in [2.75, 3.05) is 6.67 Å². The van der Waals surface area contributed by atoms with E-state index in [1.807, 2.05) is 0 Å². The minimum absolute atomic E-state index is 0. The first-order valence-electron chi connectivity index (χ1n) is 3.41. The van der Waals surface area contributed by atoms with Crippen LogP contribution in [0.5, 0.6) is 0 Å². The maximum absolute atomic E-state index is 11.8. The molecule has 0 unspecified atom stereocenters. The van der Waals surface area contributed by atoms with E-state index < -0.39 is 24.3 Å². The monoisotopic (exact) mass is 199 g/mol. The van der Waals surface area contributed by atoms with E-state index in [0.29, 0.717) is 0 Å². The zero-order chi connectivity index (χ0) is 9.07. The molecule has 0 aliphatic carbocycles. The Labute approximate surface area is 77.9 Å². The highest BCUT2D eigenvalue weighted by Gasteiger charge is 2.21. The van der Waals surface area contributed by atoms with Gasteiger partial charge in [0.05, 0.1) is 0 Å². The van der Waals surface area contributed by atoms with Crippen molar-refractivity contribution >= 4 is 18.4 Å². The average Bonchev–Trinajstić information content (AvgIpc) is 1.82. The molecule has 0 aromatic heterocycles. The lowest BCUT2D eigenvalue weighted by Crippen LogP contribution is -2.38. The fourth-order valence-electron chi connectivity index (χ4n) is 0.440. The topological polar surface area (TPSA) is 52.3 Å². The summed E-state index contributed by atoms with van der Waals surface area (Å²) in [5.41, 5.74) is 4.48. The van der Waals surface area contributed by atoms with Crippen LogP contribution < -0.4 is 5.73 Å². The molecule has 0 fully saturated rings. The van der Waals surface area contributed by atoms with Crippen LogP contribution in [0.15, 0.2) is 0 Å². The summed E-state index contributed by atoms with van der Waals surface area (Å²) in [6.07, 6.45) is 0. The molecule has 1 atom stereocenters. The molecule has 0 saturated heterocycles. The maximum Gasteiger partial charge on any atom is 0.326 e. The number of hydrogen-bond acceptors (Lipinski definition) is 3. The zero-order valence-corrected chi connectivity index (χ0v) is 8.28. The van der Waals surface area contributed by atoms with Gasteiger partial charge in [-0.1, -0.05) is 0 Å². The van der Waals surface area contributed by atoms with Gasteiger partial charge in [-0.05, 0) is 20.8 Å². The second-order valence-corrected chi connectivity index (χ2v) is 3.29. The number of esters is 1. The van der Waals surface area contributed by atoms with Crippen molar-refractivity contribution in [3.8, 4) is 0 Å². The van der Waals surface area contributed by atoms with Gasteiger partial charge in [0, 0.05) is 0 Å². The van der Waals surface area contributed by atoms with Crippen LogP contribution in [0.4, 0.5) is 4.39 Å². The molecule has 0 heterocycles. The third-order valence-electron chi connectivity index (χ3n) is 0.876. The number of ether oxygens (including phenoxy) is 1. The van der Waals surface area contributed by atoms with Gasteiger partial charge in [-0.15, -0.1) is 12.4 Å². The predicted molar refractivity (Wildman–Crippen MR) is 47.0 cm³/mol. The summed E-state index contributed by atoms with van der Waals surface area (Å²) in [7, 11) is 0. The van der Waals surface area contributed by atoms with Crippen molar-refractivity contribution in [2.24, 2.45) is 5.73 Å². The van der Waals surface area contributed by atoms with Crippen LogP contribution in [0.2, 0.25) is 0 Å². The Kier molecular flexibility index (Phi) is 6.29. The van der Waals surface area contributed by atoms with Crippen LogP contribution in [-0.2, 0) is 9.53 Å². The van der Waals surface area contributed by atoms with Crippen molar-refractivity contribution in [2.45, 2.75) is 32.4 Å². The molecule has 0 radical (unpaired) electrons. The Bertz CT molecular complexity index is 147. The molecule has 0 aliphatic heterocycles. The quantitative estimate of drug-likeness (QED) is 0.677. The summed E-state index contributed by atoms with van der Waals surface area (Å²) in [5, 5.41) is 0. The Balaban J connectivity index is 0. The predicted octanol–water partition coefficient (Wildman–Crippen LogP) is 1.05. The summed E-state index contributed by atoms with van der Waals surface area (Å²) in [4.78, 5) is 10.8. The number of rotatable bonds is 2. The molecule has 0 aromatic rings. The first kappa shape index (κ1) is 14.2. The van der Waals surface area contributed by atoms with Crippen molar-refractivity contribution in [3.63, 3.8) is 0 Å². The van der Waals surface area contributed by atoms with E-state index in [1.165, 1.54) is 0 Å². The molecule has 0 rings (SSSR count). The molecular weight excluding hydrogens is 185 g/mol. The van der Waals surface area contributed by atoms with Gasteiger partial charge in [-0.3, -0.25) is 4.79 Å². The maximum atomic E-state index is 11.8. The normalized spacial score (nSPS) is 13.1. The highest BCUT2D eigenvalue weighted by Crippen LogP contribution is 2.07. The summed E-state index contributed by atoms with van der Waals surface area (Å²) >= 11 is 0. The van der Waals surface area contributed by atoms with Crippen LogP contribution in [0.25, 0.3) is 0 Å². The van der Waals surface area contributed by atoms with Gasteiger partial charge in [-0.25, -0.2) is 4.39 Å². The standard InChI is InChI=1S/C7H14FNO2.ClH/c1-7(2,3)11-6(10)5(9)4-8;/h5H,4,9H2,1-3H3;1H/t5-;/m0./s1. The number of halogens is 2. The molecule has 12 heavy (non-hydrogen) atoms. The molecule has 0 saturated carbocycles. The van der Waals surface area contributed by atoms with Gasteiger partial charge in [-0.2, -0.15) is 0 Å². The molecule has 0 spiro atoms. The van der Waals surface area contributed by atoms with Crippen molar-refractivity contribution < 1.29 is 13.9 Å².